The van der Waals surface area contributed by atoms with Crippen molar-refractivity contribution in [3.8, 4) is 11.5 Å². The Balaban J connectivity index is 2.73. The van der Waals surface area contributed by atoms with Gasteiger partial charge >= 0.3 is 0 Å². The molecule has 0 heterocycles. The minimum atomic E-state index is -5.22. The SMILES string of the molecule is O=S(=O)(O)C(c1ccccc1O)(c1c(Cl)cccc1Cl)c1c(Cl)ccc(O)c1Cl. The van der Waals surface area contributed by atoms with E-state index in [1.54, 1.807) is 0 Å². The molecule has 0 bridgehead atoms. The van der Waals surface area contributed by atoms with Crippen molar-refractivity contribution in [2.24, 2.45) is 0 Å². The molecule has 3 rings (SSSR count). The fourth-order valence-corrected chi connectivity index (χ4v) is 6.22. The van der Waals surface area contributed by atoms with Crippen molar-refractivity contribution in [3.63, 3.8) is 0 Å². The first-order valence-electron chi connectivity index (χ1n) is 7.91. The summed E-state index contributed by atoms with van der Waals surface area (Å²) in [5.41, 5.74) is -1.02. The molecule has 0 aromatic heterocycles. The molecule has 29 heavy (non-hydrogen) atoms. The largest absolute Gasteiger partial charge is 0.508 e. The van der Waals surface area contributed by atoms with Gasteiger partial charge in [-0.25, -0.2) is 0 Å². The molecule has 0 fully saturated rings. The Kier molecular flexibility index (Phi) is 5.98. The number of para-hydroxylation sites is 1. The molecule has 10 heteroatoms. The van der Waals surface area contributed by atoms with Crippen LogP contribution in [0.15, 0.2) is 54.6 Å². The highest BCUT2D eigenvalue weighted by molar-refractivity contribution is 7.87. The van der Waals surface area contributed by atoms with E-state index in [0.29, 0.717) is 0 Å². The standard InChI is InChI=1S/C19H12Cl4O5S/c20-11-5-3-6-12(21)16(11)19(29(26,27)28,10-4-1-2-7-14(10)24)17-13(22)8-9-15(25)18(17)23/h1-9,24-25H,(H,26,27,28). The summed E-state index contributed by atoms with van der Waals surface area (Å²) in [7, 11) is -5.22. The number of hydrogen-bond acceptors (Lipinski definition) is 4. The van der Waals surface area contributed by atoms with Gasteiger partial charge in [-0.2, -0.15) is 8.42 Å². The lowest BCUT2D eigenvalue weighted by atomic mass is 9.83. The molecule has 3 aromatic rings. The summed E-state index contributed by atoms with van der Waals surface area (Å²) in [4.78, 5) is 0. The van der Waals surface area contributed by atoms with Crippen molar-refractivity contribution in [2.45, 2.75) is 4.75 Å². The number of rotatable bonds is 4. The maximum Gasteiger partial charge on any atom is 0.283 e. The topological polar surface area (TPSA) is 94.8 Å². The summed E-state index contributed by atoms with van der Waals surface area (Å²) in [6.45, 7) is 0. The third-order valence-electron chi connectivity index (χ3n) is 4.41. The molecule has 0 amide bonds. The normalized spacial score (nSPS) is 13.8. The summed E-state index contributed by atoms with van der Waals surface area (Å²) in [5, 5.41) is 19.7. The number of phenols is 2. The second-order valence-corrected chi connectivity index (χ2v) is 9.19. The number of hydrogen-bond donors (Lipinski definition) is 3. The molecule has 0 saturated carbocycles. The van der Waals surface area contributed by atoms with Gasteiger partial charge in [-0.15, -0.1) is 0 Å². The first-order valence-corrected chi connectivity index (χ1v) is 10.9. The summed E-state index contributed by atoms with van der Waals surface area (Å²) < 4.78 is 34.0. The maximum atomic E-state index is 13.1. The third-order valence-corrected chi connectivity index (χ3v) is 7.14. The van der Waals surface area contributed by atoms with Crippen molar-refractivity contribution in [3.05, 3.63) is 91.4 Å². The van der Waals surface area contributed by atoms with Gasteiger partial charge in [-0.1, -0.05) is 70.7 Å². The molecule has 0 aliphatic rings. The van der Waals surface area contributed by atoms with Crippen molar-refractivity contribution in [1.29, 1.82) is 0 Å². The van der Waals surface area contributed by atoms with Crippen molar-refractivity contribution in [2.75, 3.05) is 0 Å². The molecule has 1 unspecified atom stereocenters. The van der Waals surface area contributed by atoms with Gasteiger partial charge < -0.3 is 10.2 Å². The zero-order valence-electron chi connectivity index (χ0n) is 14.3. The van der Waals surface area contributed by atoms with Crippen LogP contribution in [-0.2, 0) is 14.9 Å². The molecule has 3 N–H and O–H groups in total. The Hall–Kier alpha value is -1.67. The lowest BCUT2D eigenvalue weighted by molar-refractivity contribution is 0.439. The fourth-order valence-electron chi connectivity index (χ4n) is 3.26. The highest BCUT2D eigenvalue weighted by Crippen LogP contribution is 2.55. The molecule has 0 aliphatic heterocycles. The predicted octanol–water partition coefficient (Wildman–Crippen LogP) is 5.89. The molecule has 152 valence electrons. The number of benzene rings is 3. The van der Waals surface area contributed by atoms with Gasteiger partial charge in [0.25, 0.3) is 10.1 Å². The van der Waals surface area contributed by atoms with E-state index in [4.69, 9.17) is 46.4 Å². The quantitative estimate of drug-likeness (QED) is 0.311. The van der Waals surface area contributed by atoms with Crippen LogP contribution in [0, 0.1) is 0 Å². The van der Waals surface area contributed by atoms with Gasteiger partial charge in [0, 0.05) is 31.8 Å². The van der Waals surface area contributed by atoms with Gasteiger partial charge in [-0.3, -0.25) is 4.55 Å². The lowest BCUT2D eigenvalue weighted by Crippen LogP contribution is -2.39. The molecule has 3 aromatic carbocycles. The van der Waals surface area contributed by atoms with Crippen LogP contribution >= 0.6 is 46.4 Å². The summed E-state index contributed by atoms with van der Waals surface area (Å²) in [6.07, 6.45) is 0. The number of aromatic hydroxyl groups is 2. The Morgan fingerprint density at radius 3 is 1.79 bits per heavy atom. The van der Waals surface area contributed by atoms with Crippen LogP contribution in [0.4, 0.5) is 0 Å². The predicted molar refractivity (Wildman–Crippen MR) is 114 cm³/mol. The Morgan fingerprint density at radius 2 is 1.24 bits per heavy atom. The van der Waals surface area contributed by atoms with E-state index < -0.39 is 37.0 Å². The van der Waals surface area contributed by atoms with Crippen molar-refractivity contribution in [1.82, 2.24) is 0 Å². The fraction of sp³-hybridized carbons (Fsp3) is 0.0526. The maximum absolute atomic E-state index is 13.1. The molecular formula is C19H12Cl4O5S. The van der Waals surface area contributed by atoms with Crippen molar-refractivity contribution < 1.29 is 23.2 Å². The van der Waals surface area contributed by atoms with E-state index in [-0.39, 0.29) is 26.2 Å². The molecule has 0 radical (unpaired) electrons. The average molecular weight is 494 g/mol. The highest BCUT2D eigenvalue weighted by atomic mass is 35.5. The van der Waals surface area contributed by atoms with Crippen LogP contribution in [0.5, 0.6) is 11.5 Å². The van der Waals surface area contributed by atoms with E-state index in [9.17, 15) is 23.2 Å². The van der Waals surface area contributed by atoms with E-state index in [2.05, 4.69) is 0 Å². The van der Waals surface area contributed by atoms with Crippen LogP contribution < -0.4 is 0 Å². The van der Waals surface area contributed by atoms with Crippen LogP contribution in [0.2, 0.25) is 20.1 Å². The zero-order valence-corrected chi connectivity index (χ0v) is 18.1. The van der Waals surface area contributed by atoms with Crippen LogP contribution in [0.1, 0.15) is 16.7 Å². The molecule has 0 aliphatic carbocycles. The molecule has 0 spiro atoms. The summed E-state index contributed by atoms with van der Waals surface area (Å²) in [6, 6.07) is 11.9. The lowest BCUT2D eigenvalue weighted by Gasteiger charge is -2.35. The zero-order chi connectivity index (χ0) is 21.6. The summed E-state index contributed by atoms with van der Waals surface area (Å²) >= 11 is 25.2. The first kappa shape index (κ1) is 22.0. The van der Waals surface area contributed by atoms with Gasteiger partial charge in [0.15, 0.2) is 4.75 Å². The van der Waals surface area contributed by atoms with Crippen LogP contribution in [0.25, 0.3) is 0 Å². The molecule has 1 atom stereocenters. The smallest absolute Gasteiger partial charge is 0.283 e. The average Bonchev–Trinajstić information content (AvgIpc) is 2.63. The van der Waals surface area contributed by atoms with E-state index in [1.807, 2.05) is 0 Å². The minimum absolute atomic E-state index is 0.145. The van der Waals surface area contributed by atoms with E-state index in [1.165, 1.54) is 48.5 Å². The van der Waals surface area contributed by atoms with Gasteiger partial charge in [0.05, 0.1) is 5.02 Å². The Morgan fingerprint density at radius 1 is 0.690 bits per heavy atom. The van der Waals surface area contributed by atoms with Crippen molar-refractivity contribution >= 4 is 56.5 Å². The van der Waals surface area contributed by atoms with E-state index in [0.717, 1.165) is 6.07 Å². The minimum Gasteiger partial charge on any atom is -0.508 e. The Bertz CT molecular complexity index is 1190. The van der Waals surface area contributed by atoms with Gasteiger partial charge in [-0.05, 0) is 30.3 Å². The number of phenolic OH excluding ortho intramolecular Hbond substituents is 2. The van der Waals surface area contributed by atoms with Gasteiger partial charge in [0.2, 0.25) is 0 Å². The number of halogens is 4. The van der Waals surface area contributed by atoms with Crippen LogP contribution in [0.3, 0.4) is 0 Å². The van der Waals surface area contributed by atoms with Crippen LogP contribution in [-0.4, -0.2) is 23.2 Å². The molecule has 5 nitrogen and oxygen atoms in total. The monoisotopic (exact) mass is 492 g/mol. The first-order chi connectivity index (χ1) is 13.5. The van der Waals surface area contributed by atoms with Gasteiger partial charge in [0.1, 0.15) is 11.5 Å². The molecule has 0 saturated heterocycles. The second-order valence-electron chi connectivity index (χ2n) is 6.03. The summed E-state index contributed by atoms with van der Waals surface area (Å²) in [5.74, 6) is -1.01. The Labute approximate surface area is 186 Å². The second kappa shape index (κ2) is 7.87. The van der Waals surface area contributed by atoms with E-state index >= 15 is 0 Å². The third kappa shape index (κ3) is 3.44. The highest BCUT2D eigenvalue weighted by Gasteiger charge is 2.54. The molecular weight excluding hydrogens is 482 g/mol.